The number of hydrogen-bond donors (Lipinski definition) is 2. The summed E-state index contributed by atoms with van der Waals surface area (Å²) in [5, 5.41) is 6.95. The number of nitrogens with one attached hydrogen (secondary N) is 1. The van der Waals surface area contributed by atoms with Crippen LogP contribution in [-0.2, 0) is 4.79 Å². The van der Waals surface area contributed by atoms with E-state index in [1.54, 1.807) is 18.4 Å². The fraction of sp³-hybridized carbons (Fsp3) is 0.615. The monoisotopic (exact) mass is 267 g/mol. The summed E-state index contributed by atoms with van der Waals surface area (Å²) in [6.07, 6.45) is 1.98. The zero-order valence-corrected chi connectivity index (χ0v) is 11.7. The summed E-state index contributed by atoms with van der Waals surface area (Å²) >= 11 is 1.68. The summed E-state index contributed by atoms with van der Waals surface area (Å²) in [6, 6.07) is 2.23. The molecule has 0 radical (unpaired) electrons. The number of likely N-dealkylation sites (N-methyl/N-ethyl adjacent to an activating group) is 1. The first-order valence-corrected chi connectivity index (χ1v) is 7.34. The van der Waals surface area contributed by atoms with E-state index in [2.05, 4.69) is 27.0 Å². The number of hydrogen-bond acceptors (Lipinski definition) is 4. The van der Waals surface area contributed by atoms with Crippen LogP contribution in [0.2, 0.25) is 0 Å². The second-order valence-corrected chi connectivity index (χ2v) is 5.65. The standard InChI is InChI=1S/C13H21N3OS/c1-9(14)12(10-5-7-18-8-10)16-6-3-4-11(16)13(17)15-2/h5,7-9,11-12H,3-4,6,14H2,1-2H3,(H,15,17). The summed E-state index contributed by atoms with van der Waals surface area (Å²) in [6.45, 7) is 2.96. The minimum Gasteiger partial charge on any atom is -0.358 e. The van der Waals surface area contributed by atoms with Gasteiger partial charge in [0.2, 0.25) is 5.91 Å². The molecule has 3 unspecified atom stereocenters. The van der Waals surface area contributed by atoms with Crippen molar-refractivity contribution in [2.24, 2.45) is 5.73 Å². The molecular formula is C13H21N3OS. The minimum absolute atomic E-state index is 0.0184. The van der Waals surface area contributed by atoms with Crippen molar-refractivity contribution in [2.45, 2.75) is 37.9 Å². The molecule has 2 rings (SSSR count). The Morgan fingerprint density at radius 2 is 2.44 bits per heavy atom. The van der Waals surface area contributed by atoms with E-state index in [0.29, 0.717) is 0 Å². The molecule has 4 nitrogen and oxygen atoms in total. The molecule has 3 atom stereocenters. The quantitative estimate of drug-likeness (QED) is 0.865. The van der Waals surface area contributed by atoms with Gasteiger partial charge in [0.15, 0.2) is 0 Å². The van der Waals surface area contributed by atoms with Crippen LogP contribution < -0.4 is 11.1 Å². The molecule has 18 heavy (non-hydrogen) atoms. The highest BCUT2D eigenvalue weighted by Crippen LogP contribution is 2.32. The normalized spacial score (nSPS) is 23.8. The Labute approximate surface area is 112 Å². The van der Waals surface area contributed by atoms with E-state index < -0.39 is 0 Å². The average Bonchev–Trinajstić information content (AvgIpc) is 2.99. The van der Waals surface area contributed by atoms with Crippen molar-refractivity contribution in [3.05, 3.63) is 22.4 Å². The van der Waals surface area contributed by atoms with Crippen LogP contribution in [0.4, 0.5) is 0 Å². The first-order chi connectivity index (χ1) is 8.65. The smallest absolute Gasteiger partial charge is 0.237 e. The second kappa shape index (κ2) is 5.82. The van der Waals surface area contributed by atoms with Crippen LogP contribution in [0.3, 0.4) is 0 Å². The van der Waals surface area contributed by atoms with Crippen LogP contribution in [0.15, 0.2) is 16.8 Å². The Morgan fingerprint density at radius 1 is 1.67 bits per heavy atom. The van der Waals surface area contributed by atoms with E-state index in [0.717, 1.165) is 19.4 Å². The van der Waals surface area contributed by atoms with Gasteiger partial charge in [-0.15, -0.1) is 0 Å². The molecule has 0 aromatic carbocycles. The topological polar surface area (TPSA) is 58.4 Å². The van der Waals surface area contributed by atoms with Gasteiger partial charge in [0.25, 0.3) is 0 Å². The maximum Gasteiger partial charge on any atom is 0.237 e. The van der Waals surface area contributed by atoms with Crippen LogP contribution in [0.5, 0.6) is 0 Å². The van der Waals surface area contributed by atoms with Crippen molar-refractivity contribution >= 4 is 17.2 Å². The summed E-state index contributed by atoms with van der Waals surface area (Å²) in [5.41, 5.74) is 7.37. The van der Waals surface area contributed by atoms with Crippen molar-refractivity contribution in [3.63, 3.8) is 0 Å². The summed E-state index contributed by atoms with van der Waals surface area (Å²) in [5.74, 6) is 0.105. The molecule has 0 saturated carbocycles. The molecular weight excluding hydrogens is 246 g/mol. The van der Waals surface area contributed by atoms with Crippen molar-refractivity contribution in [2.75, 3.05) is 13.6 Å². The molecule has 0 spiro atoms. The first kappa shape index (κ1) is 13.5. The molecule has 1 aromatic rings. The van der Waals surface area contributed by atoms with Crippen molar-refractivity contribution < 1.29 is 4.79 Å². The molecule has 1 saturated heterocycles. The summed E-state index contributed by atoms with van der Waals surface area (Å²) in [4.78, 5) is 14.2. The Bertz CT molecular complexity index is 391. The summed E-state index contributed by atoms with van der Waals surface area (Å²) in [7, 11) is 1.70. The Balaban J connectivity index is 2.23. The van der Waals surface area contributed by atoms with E-state index in [-0.39, 0.29) is 24.0 Å². The van der Waals surface area contributed by atoms with E-state index in [1.165, 1.54) is 5.56 Å². The van der Waals surface area contributed by atoms with Gasteiger partial charge in [-0.3, -0.25) is 9.69 Å². The third-order valence-electron chi connectivity index (χ3n) is 3.58. The van der Waals surface area contributed by atoms with Crippen LogP contribution in [0.1, 0.15) is 31.4 Å². The lowest BCUT2D eigenvalue weighted by Crippen LogP contribution is -2.47. The largest absolute Gasteiger partial charge is 0.358 e. The Hall–Kier alpha value is -0.910. The molecule has 0 aliphatic carbocycles. The fourth-order valence-electron chi connectivity index (χ4n) is 2.81. The second-order valence-electron chi connectivity index (χ2n) is 4.87. The highest BCUT2D eigenvalue weighted by atomic mass is 32.1. The highest BCUT2D eigenvalue weighted by Gasteiger charge is 2.37. The molecule has 1 fully saturated rings. The van der Waals surface area contributed by atoms with Crippen molar-refractivity contribution in [1.82, 2.24) is 10.2 Å². The van der Waals surface area contributed by atoms with Gasteiger partial charge in [-0.1, -0.05) is 0 Å². The number of nitrogens with zero attached hydrogens (tertiary/aromatic N) is 1. The lowest BCUT2D eigenvalue weighted by Gasteiger charge is -2.34. The van der Waals surface area contributed by atoms with Gasteiger partial charge in [0, 0.05) is 13.1 Å². The van der Waals surface area contributed by atoms with Gasteiger partial charge in [-0.2, -0.15) is 11.3 Å². The van der Waals surface area contributed by atoms with Crippen LogP contribution >= 0.6 is 11.3 Å². The molecule has 0 bridgehead atoms. The third-order valence-corrected chi connectivity index (χ3v) is 4.28. The first-order valence-electron chi connectivity index (χ1n) is 6.40. The van der Waals surface area contributed by atoms with E-state index >= 15 is 0 Å². The van der Waals surface area contributed by atoms with E-state index in [1.807, 2.05) is 6.92 Å². The average molecular weight is 267 g/mol. The zero-order chi connectivity index (χ0) is 13.1. The Morgan fingerprint density at radius 3 is 3.00 bits per heavy atom. The predicted octanol–water partition coefficient (Wildman–Crippen LogP) is 1.35. The number of likely N-dealkylation sites (tertiary alicyclic amines) is 1. The number of carbonyl (C=O) groups excluding carboxylic acids is 1. The maximum atomic E-state index is 11.9. The number of rotatable bonds is 4. The molecule has 2 heterocycles. The molecule has 1 aliphatic rings. The van der Waals surface area contributed by atoms with Crippen LogP contribution in [0.25, 0.3) is 0 Å². The SMILES string of the molecule is CNC(=O)C1CCCN1C(c1ccsc1)C(C)N. The lowest BCUT2D eigenvalue weighted by atomic mass is 10.0. The predicted molar refractivity (Wildman–Crippen MR) is 74.5 cm³/mol. The fourth-order valence-corrected chi connectivity index (χ4v) is 3.50. The van der Waals surface area contributed by atoms with Gasteiger partial charge in [0.1, 0.15) is 0 Å². The van der Waals surface area contributed by atoms with E-state index in [4.69, 9.17) is 5.73 Å². The number of thiophene rings is 1. The Kier molecular flexibility index (Phi) is 4.37. The van der Waals surface area contributed by atoms with Gasteiger partial charge in [-0.05, 0) is 48.7 Å². The van der Waals surface area contributed by atoms with Gasteiger partial charge in [0.05, 0.1) is 12.1 Å². The minimum atomic E-state index is -0.0362. The molecule has 1 amide bonds. The van der Waals surface area contributed by atoms with Crippen molar-refractivity contribution in [3.8, 4) is 0 Å². The van der Waals surface area contributed by atoms with Gasteiger partial charge in [-0.25, -0.2) is 0 Å². The third kappa shape index (κ3) is 2.58. The highest BCUT2D eigenvalue weighted by molar-refractivity contribution is 7.07. The summed E-state index contributed by atoms with van der Waals surface area (Å²) < 4.78 is 0. The van der Waals surface area contributed by atoms with Crippen molar-refractivity contribution in [1.29, 1.82) is 0 Å². The van der Waals surface area contributed by atoms with Gasteiger partial charge < -0.3 is 11.1 Å². The number of carbonyl (C=O) groups is 1. The molecule has 5 heteroatoms. The molecule has 1 aromatic heterocycles. The molecule has 1 aliphatic heterocycles. The van der Waals surface area contributed by atoms with Crippen LogP contribution in [-0.4, -0.2) is 36.5 Å². The maximum absolute atomic E-state index is 11.9. The molecule has 100 valence electrons. The van der Waals surface area contributed by atoms with Gasteiger partial charge >= 0.3 is 0 Å². The van der Waals surface area contributed by atoms with Crippen LogP contribution in [0, 0.1) is 0 Å². The number of nitrogens with two attached hydrogens (primary N) is 1. The zero-order valence-electron chi connectivity index (χ0n) is 10.9. The number of amides is 1. The van der Waals surface area contributed by atoms with E-state index in [9.17, 15) is 4.79 Å². The lowest BCUT2D eigenvalue weighted by molar-refractivity contribution is -0.125. The molecule has 3 N–H and O–H groups in total.